The van der Waals surface area contributed by atoms with Crippen molar-refractivity contribution in [2.24, 2.45) is 0 Å². The maximum absolute atomic E-state index is 12.8. The highest BCUT2D eigenvalue weighted by atomic mass is 35.5. The number of rotatable bonds is 3. The SMILES string of the molecule is O=C(c1cccc(Cl)c1)N1CCC[C@@H](c2nc(-c3ccc(Cl)cc3)no2)C1. The summed E-state index contributed by atoms with van der Waals surface area (Å²) in [6.07, 6.45) is 1.79. The van der Waals surface area contributed by atoms with Gasteiger partial charge in [-0.15, -0.1) is 0 Å². The number of aromatic nitrogens is 2. The molecular weight excluding hydrogens is 385 g/mol. The van der Waals surface area contributed by atoms with Crippen LogP contribution in [0.15, 0.2) is 53.1 Å². The molecule has 0 saturated carbocycles. The second kappa shape index (κ2) is 7.71. The second-order valence-electron chi connectivity index (χ2n) is 6.56. The predicted molar refractivity (Wildman–Crippen MR) is 104 cm³/mol. The molecule has 0 spiro atoms. The van der Waals surface area contributed by atoms with Crippen molar-refractivity contribution in [3.05, 3.63) is 70.0 Å². The van der Waals surface area contributed by atoms with Gasteiger partial charge in [-0.05, 0) is 55.3 Å². The molecule has 2 heterocycles. The predicted octanol–water partition coefficient (Wildman–Crippen LogP) is 5.06. The van der Waals surface area contributed by atoms with Crippen molar-refractivity contribution in [3.8, 4) is 11.4 Å². The Hall–Kier alpha value is -2.37. The molecule has 4 rings (SSSR count). The monoisotopic (exact) mass is 401 g/mol. The Kier molecular flexibility index (Phi) is 5.14. The zero-order valence-electron chi connectivity index (χ0n) is 14.4. The van der Waals surface area contributed by atoms with E-state index in [0.29, 0.717) is 40.4 Å². The van der Waals surface area contributed by atoms with Gasteiger partial charge in [0.2, 0.25) is 11.7 Å². The summed E-state index contributed by atoms with van der Waals surface area (Å²) in [4.78, 5) is 19.1. The van der Waals surface area contributed by atoms with Gasteiger partial charge < -0.3 is 9.42 Å². The molecule has 1 fully saturated rings. The maximum atomic E-state index is 12.8. The van der Waals surface area contributed by atoms with Crippen molar-refractivity contribution >= 4 is 29.1 Å². The van der Waals surface area contributed by atoms with Crippen LogP contribution >= 0.6 is 23.2 Å². The third kappa shape index (κ3) is 3.99. The standard InChI is InChI=1S/C20H17Cl2N3O2/c21-16-8-6-13(7-9-16)18-23-19(27-24-18)15-4-2-10-25(12-15)20(26)14-3-1-5-17(22)11-14/h1,3,5-9,11,15H,2,4,10,12H2/t15-/m1/s1. The van der Waals surface area contributed by atoms with Crippen LogP contribution in [0.3, 0.4) is 0 Å². The van der Waals surface area contributed by atoms with Gasteiger partial charge in [-0.3, -0.25) is 4.79 Å². The zero-order chi connectivity index (χ0) is 18.8. The second-order valence-corrected chi connectivity index (χ2v) is 7.44. The molecule has 0 radical (unpaired) electrons. The molecule has 3 aromatic rings. The van der Waals surface area contributed by atoms with Crippen LogP contribution in [0.1, 0.15) is 35.0 Å². The van der Waals surface area contributed by atoms with E-state index in [-0.39, 0.29) is 11.8 Å². The van der Waals surface area contributed by atoms with Crippen LogP contribution in [0.4, 0.5) is 0 Å². The van der Waals surface area contributed by atoms with E-state index in [1.165, 1.54) is 0 Å². The first-order valence-electron chi connectivity index (χ1n) is 8.74. The third-order valence-corrected chi connectivity index (χ3v) is 5.16. The molecule has 2 aromatic carbocycles. The van der Waals surface area contributed by atoms with Gasteiger partial charge in [-0.1, -0.05) is 34.4 Å². The Labute approximate surface area is 166 Å². The molecule has 1 saturated heterocycles. The Morgan fingerprint density at radius 1 is 1.11 bits per heavy atom. The number of halogens is 2. The quantitative estimate of drug-likeness (QED) is 0.614. The Morgan fingerprint density at radius 3 is 2.70 bits per heavy atom. The summed E-state index contributed by atoms with van der Waals surface area (Å²) >= 11 is 11.9. The van der Waals surface area contributed by atoms with E-state index < -0.39 is 0 Å². The van der Waals surface area contributed by atoms with E-state index in [4.69, 9.17) is 27.7 Å². The largest absolute Gasteiger partial charge is 0.339 e. The minimum Gasteiger partial charge on any atom is -0.339 e. The molecular formula is C20H17Cl2N3O2. The number of likely N-dealkylation sites (tertiary alicyclic amines) is 1. The topological polar surface area (TPSA) is 59.2 Å². The van der Waals surface area contributed by atoms with Gasteiger partial charge in [-0.25, -0.2) is 0 Å². The Balaban J connectivity index is 1.50. The zero-order valence-corrected chi connectivity index (χ0v) is 16.0. The lowest BCUT2D eigenvalue weighted by molar-refractivity contribution is 0.0695. The van der Waals surface area contributed by atoms with Crippen molar-refractivity contribution in [2.45, 2.75) is 18.8 Å². The molecule has 5 nitrogen and oxygen atoms in total. The fourth-order valence-corrected chi connectivity index (χ4v) is 3.60. The van der Waals surface area contributed by atoms with Crippen LogP contribution in [0.5, 0.6) is 0 Å². The van der Waals surface area contributed by atoms with Gasteiger partial charge in [0.1, 0.15) is 0 Å². The average molecular weight is 402 g/mol. The maximum Gasteiger partial charge on any atom is 0.253 e. The lowest BCUT2D eigenvalue weighted by Crippen LogP contribution is -2.39. The molecule has 1 aliphatic rings. The molecule has 1 amide bonds. The van der Waals surface area contributed by atoms with Gasteiger partial charge in [-0.2, -0.15) is 4.98 Å². The van der Waals surface area contributed by atoms with Crippen LogP contribution in [0.25, 0.3) is 11.4 Å². The van der Waals surface area contributed by atoms with E-state index in [9.17, 15) is 4.79 Å². The van der Waals surface area contributed by atoms with Crippen molar-refractivity contribution in [2.75, 3.05) is 13.1 Å². The lowest BCUT2D eigenvalue weighted by Gasteiger charge is -2.31. The van der Waals surface area contributed by atoms with E-state index in [0.717, 1.165) is 18.4 Å². The molecule has 138 valence electrons. The molecule has 0 aliphatic carbocycles. The van der Waals surface area contributed by atoms with Crippen LogP contribution in [-0.4, -0.2) is 34.0 Å². The highest BCUT2D eigenvalue weighted by Gasteiger charge is 2.29. The number of hydrogen-bond donors (Lipinski definition) is 0. The first kappa shape index (κ1) is 18.0. The minimum absolute atomic E-state index is 0.0236. The van der Waals surface area contributed by atoms with Gasteiger partial charge in [0.15, 0.2) is 0 Å². The van der Waals surface area contributed by atoms with E-state index >= 15 is 0 Å². The Morgan fingerprint density at radius 2 is 1.93 bits per heavy atom. The van der Waals surface area contributed by atoms with Gasteiger partial charge >= 0.3 is 0 Å². The number of carbonyl (C=O) groups is 1. The van der Waals surface area contributed by atoms with Crippen molar-refractivity contribution < 1.29 is 9.32 Å². The van der Waals surface area contributed by atoms with Gasteiger partial charge in [0.05, 0.1) is 5.92 Å². The highest BCUT2D eigenvalue weighted by Crippen LogP contribution is 2.29. The van der Waals surface area contributed by atoms with E-state index in [2.05, 4.69) is 10.1 Å². The number of carbonyl (C=O) groups excluding carboxylic acids is 1. The van der Waals surface area contributed by atoms with Gasteiger partial charge in [0.25, 0.3) is 5.91 Å². The first-order valence-corrected chi connectivity index (χ1v) is 9.50. The fourth-order valence-electron chi connectivity index (χ4n) is 3.28. The molecule has 1 aliphatic heterocycles. The van der Waals surface area contributed by atoms with Crippen LogP contribution in [0.2, 0.25) is 10.0 Å². The average Bonchev–Trinajstić information content (AvgIpc) is 3.18. The summed E-state index contributed by atoms with van der Waals surface area (Å²) in [5, 5.41) is 5.29. The van der Waals surface area contributed by atoms with Crippen molar-refractivity contribution in [1.82, 2.24) is 15.0 Å². The number of amides is 1. The molecule has 27 heavy (non-hydrogen) atoms. The van der Waals surface area contributed by atoms with Gasteiger partial charge in [0, 0.05) is 34.3 Å². The molecule has 0 unspecified atom stereocenters. The minimum atomic E-state index is -0.0281. The molecule has 0 N–H and O–H groups in total. The van der Waals surface area contributed by atoms with Crippen molar-refractivity contribution in [3.63, 3.8) is 0 Å². The molecule has 7 heteroatoms. The summed E-state index contributed by atoms with van der Waals surface area (Å²) in [5.74, 6) is 1.08. The first-order chi connectivity index (χ1) is 13.1. The number of piperidine rings is 1. The summed E-state index contributed by atoms with van der Waals surface area (Å²) in [7, 11) is 0. The summed E-state index contributed by atoms with van der Waals surface area (Å²) in [5.41, 5.74) is 1.44. The van der Waals surface area contributed by atoms with Crippen molar-refractivity contribution in [1.29, 1.82) is 0 Å². The summed E-state index contributed by atoms with van der Waals surface area (Å²) < 4.78 is 5.49. The normalized spacial score (nSPS) is 17.1. The summed E-state index contributed by atoms with van der Waals surface area (Å²) in [6.45, 7) is 1.26. The third-order valence-electron chi connectivity index (χ3n) is 4.67. The van der Waals surface area contributed by atoms with E-state index in [1.807, 2.05) is 17.0 Å². The summed E-state index contributed by atoms with van der Waals surface area (Å²) in [6, 6.07) is 14.3. The number of benzene rings is 2. The number of hydrogen-bond acceptors (Lipinski definition) is 4. The molecule has 0 bridgehead atoms. The molecule has 1 aromatic heterocycles. The smallest absolute Gasteiger partial charge is 0.253 e. The van der Waals surface area contributed by atoms with Crippen LogP contribution in [-0.2, 0) is 0 Å². The molecule has 1 atom stereocenters. The fraction of sp³-hybridized carbons (Fsp3) is 0.250. The Bertz CT molecular complexity index is 956. The van der Waals surface area contributed by atoms with Crippen LogP contribution < -0.4 is 0 Å². The highest BCUT2D eigenvalue weighted by molar-refractivity contribution is 6.31. The van der Waals surface area contributed by atoms with E-state index in [1.54, 1.807) is 36.4 Å². The lowest BCUT2D eigenvalue weighted by atomic mass is 9.97. The number of nitrogens with zero attached hydrogens (tertiary/aromatic N) is 3. The van der Waals surface area contributed by atoms with Crippen LogP contribution in [0, 0.1) is 0 Å².